The standard InChI is InChI=1S/C24H29F2NOSi/c1-2-29(20-10-5-3-6-11-20,21-12-7-4-8-13-21)28-19-23-14-9-15-27(23)18-22(16-23)17-24(22,25)26/h3-8,10-13H,2,9,14-19H2,1H3/t22-,23-/m0/s1. The molecule has 29 heavy (non-hydrogen) atoms. The van der Waals surface area contributed by atoms with Crippen molar-refractivity contribution in [3.8, 4) is 0 Å². The Morgan fingerprint density at radius 3 is 2.07 bits per heavy atom. The molecule has 2 atom stereocenters. The number of rotatable bonds is 6. The first kappa shape index (κ1) is 19.4. The molecule has 2 nitrogen and oxygen atoms in total. The highest BCUT2D eigenvalue weighted by atomic mass is 28.4. The Labute approximate surface area is 173 Å². The van der Waals surface area contributed by atoms with Crippen LogP contribution in [0.1, 0.15) is 32.6 Å². The number of halogens is 2. The maximum absolute atomic E-state index is 14.2. The summed E-state index contributed by atoms with van der Waals surface area (Å²) in [5, 5.41) is 2.53. The Morgan fingerprint density at radius 1 is 0.966 bits per heavy atom. The third kappa shape index (κ3) is 2.93. The lowest BCUT2D eigenvalue weighted by Crippen LogP contribution is -2.62. The van der Waals surface area contributed by atoms with Crippen molar-refractivity contribution in [2.45, 2.75) is 50.1 Å². The van der Waals surface area contributed by atoms with E-state index in [0.29, 0.717) is 19.6 Å². The van der Waals surface area contributed by atoms with E-state index < -0.39 is 19.7 Å². The first-order valence-electron chi connectivity index (χ1n) is 10.8. The fraction of sp³-hybridized carbons (Fsp3) is 0.500. The zero-order valence-corrected chi connectivity index (χ0v) is 18.0. The molecule has 5 rings (SSSR count). The van der Waals surface area contributed by atoms with Gasteiger partial charge in [-0.1, -0.05) is 67.6 Å². The van der Waals surface area contributed by atoms with E-state index in [1.54, 1.807) is 0 Å². The van der Waals surface area contributed by atoms with Crippen LogP contribution in [0.25, 0.3) is 0 Å². The van der Waals surface area contributed by atoms with Gasteiger partial charge in [-0.05, 0) is 42.2 Å². The third-order valence-electron chi connectivity index (χ3n) is 7.68. The maximum Gasteiger partial charge on any atom is 0.255 e. The van der Waals surface area contributed by atoms with Gasteiger partial charge in [0.25, 0.3) is 14.2 Å². The number of hydrogen-bond donors (Lipinski definition) is 0. The first-order chi connectivity index (χ1) is 14.0. The second-order valence-electron chi connectivity index (χ2n) is 9.29. The van der Waals surface area contributed by atoms with Crippen molar-refractivity contribution >= 4 is 18.7 Å². The molecule has 2 aromatic carbocycles. The minimum atomic E-state index is -2.48. The molecule has 2 saturated heterocycles. The molecule has 1 spiro atoms. The second kappa shape index (κ2) is 6.72. The molecule has 2 heterocycles. The van der Waals surface area contributed by atoms with Crippen molar-refractivity contribution in [3.05, 3.63) is 60.7 Å². The number of fused-ring (bicyclic) bond motifs is 1. The van der Waals surface area contributed by atoms with Crippen LogP contribution in [0.4, 0.5) is 8.78 Å². The number of hydrogen-bond acceptors (Lipinski definition) is 2. The molecule has 0 aromatic heterocycles. The van der Waals surface area contributed by atoms with Gasteiger partial charge in [0, 0.05) is 18.5 Å². The average Bonchev–Trinajstić information content (AvgIpc) is 2.99. The highest BCUT2D eigenvalue weighted by Crippen LogP contribution is 2.69. The molecule has 1 aliphatic carbocycles. The van der Waals surface area contributed by atoms with Crippen molar-refractivity contribution in [2.75, 3.05) is 19.7 Å². The minimum absolute atomic E-state index is 0.0615. The maximum atomic E-state index is 14.2. The molecule has 3 fully saturated rings. The van der Waals surface area contributed by atoms with Gasteiger partial charge in [0.1, 0.15) is 0 Å². The van der Waals surface area contributed by atoms with Gasteiger partial charge in [-0.15, -0.1) is 0 Å². The lowest BCUT2D eigenvalue weighted by Gasteiger charge is -2.38. The summed E-state index contributed by atoms with van der Waals surface area (Å²) < 4.78 is 35.3. The largest absolute Gasteiger partial charge is 0.406 e. The molecule has 0 unspecified atom stereocenters. The average molecular weight is 414 g/mol. The van der Waals surface area contributed by atoms with Gasteiger partial charge >= 0.3 is 0 Å². The van der Waals surface area contributed by atoms with Crippen LogP contribution in [0, 0.1) is 5.41 Å². The topological polar surface area (TPSA) is 12.5 Å². The van der Waals surface area contributed by atoms with Gasteiger partial charge in [0.15, 0.2) is 0 Å². The molecule has 5 heteroatoms. The SMILES string of the molecule is CC[Si](OC[C@@]12CCCN1C[C@@]1(CC1(F)F)C2)(c1ccccc1)c1ccccc1. The fourth-order valence-electron chi connectivity index (χ4n) is 5.97. The molecule has 0 amide bonds. The highest BCUT2D eigenvalue weighted by Gasteiger charge is 2.77. The van der Waals surface area contributed by atoms with Crippen LogP contribution in [-0.2, 0) is 4.43 Å². The van der Waals surface area contributed by atoms with E-state index in [9.17, 15) is 8.78 Å². The lowest BCUT2D eigenvalue weighted by molar-refractivity contribution is 0.0648. The molecule has 0 radical (unpaired) electrons. The third-order valence-corrected chi connectivity index (χ3v) is 11.8. The minimum Gasteiger partial charge on any atom is -0.406 e. The molecule has 2 aliphatic heterocycles. The molecular formula is C24H29F2NOSi. The van der Waals surface area contributed by atoms with Gasteiger partial charge in [-0.25, -0.2) is 8.78 Å². The predicted molar refractivity (Wildman–Crippen MR) is 114 cm³/mol. The van der Waals surface area contributed by atoms with Gasteiger partial charge in [-0.3, -0.25) is 4.90 Å². The second-order valence-corrected chi connectivity index (χ2v) is 13.1. The number of alkyl halides is 2. The Kier molecular flexibility index (Phi) is 4.50. The molecule has 2 aromatic rings. The van der Waals surface area contributed by atoms with Crippen molar-refractivity contribution in [1.29, 1.82) is 0 Å². The van der Waals surface area contributed by atoms with E-state index in [2.05, 4.69) is 60.4 Å². The summed E-state index contributed by atoms with van der Waals surface area (Å²) in [6, 6.07) is 22.0. The van der Waals surface area contributed by atoms with Crippen LogP contribution >= 0.6 is 0 Å². The van der Waals surface area contributed by atoms with Crippen molar-refractivity contribution in [2.24, 2.45) is 5.41 Å². The first-order valence-corrected chi connectivity index (χ1v) is 12.9. The molecular weight excluding hydrogens is 384 g/mol. The summed E-state index contributed by atoms with van der Waals surface area (Å²) in [6.07, 6.45) is 2.71. The smallest absolute Gasteiger partial charge is 0.255 e. The van der Waals surface area contributed by atoms with Gasteiger partial charge < -0.3 is 4.43 Å². The fourth-order valence-corrected chi connectivity index (χ4v) is 9.63. The van der Waals surface area contributed by atoms with Gasteiger partial charge in [0.05, 0.1) is 12.0 Å². The van der Waals surface area contributed by atoms with Gasteiger partial charge in [-0.2, -0.15) is 0 Å². The zero-order chi connectivity index (χ0) is 20.2. The Balaban J connectivity index is 1.47. The van der Waals surface area contributed by atoms with Crippen molar-refractivity contribution in [1.82, 2.24) is 4.90 Å². The van der Waals surface area contributed by atoms with E-state index in [4.69, 9.17) is 4.43 Å². The molecule has 154 valence electrons. The summed E-state index contributed by atoms with van der Waals surface area (Å²) in [5.41, 5.74) is -0.996. The highest BCUT2D eigenvalue weighted by molar-refractivity contribution is 6.97. The molecule has 0 N–H and O–H groups in total. The van der Waals surface area contributed by atoms with Crippen molar-refractivity contribution < 1.29 is 13.2 Å². The van der Waals surface area contributed by atoms with E-state index >= 15 is 0 Å². The Bertz CT molecular complexity index is 837. The molecule has 0 bridgehead atoms. The quantitative estimate of drug-likeness (QED) is 0.663. The summed E-state index contributed by atoms with van der Waals surface area (Å²) >= 11 is 0. The number of nitrogens with zero attached hydrogens (tertiary/aromatic N) is 1. The predicted octanol–water partition coefficient (Wildman–Crippen LogP) is 4.05. The van der Waals surface area contributed by atoms with Gasteiger partial charge in [0.2, 0.25) is 0 Å². The summed E-state index contributed by atoms with van der Waals surface area (Å²) in [6.45, 7) is 4.25. The van der Waals surface area contributed by atoms with Crippen LogP contribution in [0.2, 0.25) is 6.04 Å². The van der Waals surface area contributed by atoms with Crippen LogP contribution in [0.3, 0.4) is 0 Å². The summed E-state index contributed by atoms with van der Waals surface area (Å²) in [4.78, 5) is 2.33. The normalized spacial score (nSPS) is 30.6. The van der Waals surface area contributed by atoms with Crippen LogP contribution in [0.15, 0.2) is 60.7 Å². The van der Waals surface area contributed by atoms with E-state index in [1.807, 2.05) is 12.1 Å². The zero-order valence-electron chi connectivity index (χ0n) is 17.0. The summed E-state index contributed by atoms with van der Waals surface area (Å²) in [5.74, 6) is -2.48. The monoisotopic (exact) mass is 413 g/mol. The van der Waals surface area contributed by atoms with Crippen LogP contribution in [-0.4, -0.2) is 44.4 Å². The van der Waals surface area contributed by atoms with E-state index in [0.717, 1.165) is 25.4 Å². The molecule has 3 aliphatic rings. The Hall–Kier alpha value is -1.56. The van der Waals surface area contributed by atoms with Crippen LogP contribution in [0.5, 0.6) is 0 Å². The summed E-state index contributed by atoms with van der Waals surface area (Å²) in [7, 11) is -2.43. The van der Waals surface area contributed by atoms with E-state index in [-0.39, 0.29) is 12.0 Å². The lowest BCUT2D eigenvalue weighted by atomic mass is 9.89. The number of benzene rings is 2. The van der Waals surface area contributed by atoms with E-state index in [1.165, 1.54) is 10.4 Å². The molecule has 1 saturated carbocycles. The van der Waals surface area contributed by atoms with Crippen LogP contribution < -0.4 is 10.4 Å². The van der Waals surface area contributed by atoms with Crippen molar-refractivity contribution in [3.63, 3.8) is 0 Å². The Morgan fingerprint density at radius 2 is 1.55 bits per heavy atom.